The molecule has 0 aliphatic rings. The largest absolute Gasteiger partial charge is 0.488 e. The van der Waals surface area contributed by atoms with E-state index in [2.05, 4.69) is 4.99 Å². The summed E-state index contributed by atoms with van der Waals surface area (Å²) in [6.07, 6.45) is 1.79. The highest BCUT2D eigenvalue weighted by Crippen LogP contribution is 2.26. The average molecular weight is 370 g/mol. The van der Waals surface area contributed by atoms with Crippen LogP contribution in [0, 0.1) is 6.92 Å². The van der Waals surface area contributed by atoms with Crippen LogP contribution < -0.4 is 4.74 Å². The molecule has 3 rings (SSSR count). The van der Waals surface area contributed by atoms with Crippen LogP contribution >= 0.6 is 23.2 Å². The fraction of sp³-hybridized carbons (Fsp3) is 0.0952. The Labute approximate surface area is 157 Å². The number of benzene rings is 3. The second kappa shape index (κ2) is 8.19. The topological polar surface area (TPSA) is 21.6 Å². The van der Waals surface area contributed by atoms with E-state index in [9.17, 15) is 0 Å². The molecule has 3 aromatic carbocycles. The number of nitrogens with zero attached hydrogens (tertiary/aromatic N) is 1. The van der Waals surface area contributed by atoms with Crippen LogP contribution in [0.15, 0.2) is 71.7 Å². The number of aliphatic imine (C=N–C) groups is 1. The van der Waals surface area contributed by atoms with Crippen LogP contribution in [0.2, 0.25) is 10.0 Å². The zero-order valence-electron chi connectivity index (χ0n) is 13.7. The van der Waals surface area contributed by atoms with Gasteiger partial charge in [0.2, 0.25) is 0 Å². The van der Waals surface area contributed by atoms with Gasteiger partial charge in [0.05, 0.1) is 5.69 Å². The molecule has 0 amide bonds. The second-order valence-corrected chi connectivity index (χ2v) is 6.37. The average Bonchev–Trinajstić information content (AvgIpc) is 2.63. The quantitative estimate of drug-likeness (QED) is 0.462. The maximum absolute atomic E-state index is 6.18. The van der Waals surface area contributed by atoms with Gasteiger partial charge >= 0.3 is 0 Å². The Morgan fingerprint density at radius 1 is 0.880 bits per heavy atom. The van der Waals surface area contributed by atoms with Gasteiger partial charge in [-0.05, 0) is 42.8 Å². The van der Waals surface area contributed by atoms with Crippen LogP contribution in [-0.4, -0.2) is 6.21 Å². The predicted octanol–water partition coefficient (Wildman–Crippen LogP) is 6.63. The minimum atomic E-state index is 0.403. The summed E-state index contributed by atoms with van der Waals surface area (Å²) in [5.41, 5.74) is 3.64. The molecule has 0 radical (unpaired) electrons. The fourth-order valence-corrected chi connectivity index (χ4v) is 2.72. The van der Waals surface area contributed by atoms with Gasteiger partial charge in [-0.15, -0.1) is 0 Å². The lowest BCUT2D eigenvalue weighted by Gasteiger charge is -2.10. The summed E-state index contributed by atoms with van der Waals surface area (Å²) in [5, 5.41) is 1.40. The summed E-state index contributed by atoms with van der Waals surface area (Å²) in [7, 11) is 0. The Morgan fingerprint density at radius 2 is 1.60 bits per heavy atom. The summed E-state index contributed by atoms with van der Waals surface area (Å²) in [6, 6.07) is 21.1. The third-order valence-corrected chi connectivity index (χ3v) is 4.62. The molecule has 0 bridgehead atoms. The van der Waals surface area contributed by atoms with Gasteiger partial charge in [-0.25, -0.2) is 0 Å². The van der Waals surface area contributed by atoms with E-state index in [0.717, 1.165) is 28.1 Å². The number of rotatable bonds is 5. The summed E-state index contributed by atoms with van der Waals surface area (Å²) in [5.74, 6) is 0.755. The van der Waals surface area contributed by atoms with Crippen molar-refractivity contribution in [3.8, 4) is 5.75 Å². The normalized spacial score (nSPS) is 11.0. The maximum atomic E-state index is 6.18. The summed E-state index contributed by atoms with van der Waals surface area (Å²) in [4.78, 5) is 4.55. The van der Waals surface area contributed by atoms with E-state index >= 15 is 0 Å². The number of halogens is 2. The van der Waals surface area contributed by atoms with Gasteiger partial charge in [0.25, 0.3) is 0 Å². The van der Waals surface area contributed by atoms with Crippen molar-refractivity contribution in [2.45, 2.75) is 13.5 Å². The van der Waals surface area contributed by atoms with E-state index in [1.54, 1.807) is 6.21 Å². The lowest BCUT2D eigenvalue weighted by atomic mass is 10.2. The van der Waals surface area contributed by atoms with Crippen LogP contribution in [0.4, 0.5) is 5.69 Å². The SMILES string of the molecule is Cc1c(Cl)cccc1N=Cc1ccccc1OCc1ccccc1Cl. The zero-order valence-corrected chi connectivity index (χ0v) is 15.3. The number of hydrogen-bond acceptors (Lipinski definition) is 2. The molecule has 0 aliphatic carbocycles. The number of ether oxygens (including phenoxy) is 1. The monoisotopic (exact) mass is 369 g/mol. The first kappa shape index (κ1) is 17.5. The van der Waals surface area contributed by atoms with Crippen LogP contribution in [0.3, 0.4) is 0 Å². The van der Waals surface area contributed by atoms with Crippen molar-refractivity contribution in [1.82, 2.24) is 0 Å². The minimum Gasteiger partial charge on any atom is -0.488 e. The van der Waals surface area contributed by atoms with Gasteiger partial charge in [0, 0.05) is 27.4 Å². The van der Waals surface area contributed by atoms with E-state index in [1.165, 1.54) is 0 Å². The second-order valence-electron chi connectivity index (χ2n) is 5.56. The van der Waals surface area contributed by atoms with E-state index in [1.807, 2.05) is 73.7 Å². The molecule has 0 fully saturated rings. The van der Waals surface area contributed by atoms with Gasteiger partial charge < -0.3 is 4.74 Å². The molecular weight excluding hydrogens is 353 g/mol. The van der Waals surface area contributed by atoms with E-state index in [4.69, 9.17) is 27.9 Å². The van der Waals surface area contributed by atoms with Crippen molar-refractivity contribution >= 4 is 35.1 Å². The van der Waals surface area contributed by atoms with Crippen LogP contribution in [0.25, 0.3) is 0 Å². The lowest BCUT2D eigenvalue weighted by Crippen LogP contribution is -1.98. The predicted molar refractivity (Wildman–Crippen MR) is 106 cm³/mol. The Balaban J connectivity index is 1.80. The molecule has 3 aromatic rings. The summed E-state index contributed by atoms with van der Waals surface area (Å²) >= 11 is 12.3. The van der Waals surface area contributed by atoms with E-state index in [0.29, 0.717) is 16.7 Å². The Kier molecular flexibility index (Phi) is 5.75. The molecule has 0 spiro atoms. The third-order valence-electron chi connectivity index (χ3n) is 3.84. The molecule has 4 heteroatoms. The minimum absolute atomic E-state index is 0.403. The van der Waals surface area contributed by atoms with Gasteiger partial charge in [-0.1, -0.05) is 59.6 Å². The summed E-state index contributed by atoms with van der Waals surface area (Å²) in [6.45, 7) is 2.36. The maximum Gasteiger partial charge on any atom is 0.128 e. The van der Waals surface area contributed by atoms with E-state index < -0.39 is 0 Å². The third kappa shape index (κ3) is 4.41. The number of para-hydroxylation sites is 1. The first-order valence-corrected chi connectivity index (χ1v) is 8.65. The van der Waals surface area contributed by atoms with Gasteiger partial charge in [-0.3, -0.25) is 4.99 Å². The van der Waals surface area contributed by atoms with Crippen LogP contribution in [0.5, 0.6) is 5.75 Å². The highest BCUT2D eigenvalue weighted by atomic mass is 35.5. The number of hydrogen-bond donors (Lipinski definition) is 0. The zero-order chi connectivity index (χ0) is 17.6. The highest BCUT2D eigenvalue weighted by molar-refractivity contribution is 6.31. The molecule has 0 saturated carbocycles. The highest BCUT2D eigenvalue weighted by Gasteiger charge is 2.05. The van der Waals surface area contributed by atoms with Crippen molar-refractivity contribution in [2.75, 3.05) is 0 Å². The Morgan fingerprint density at radius 3 is 2.44 bits per heavy atom. The van der Waals surface area contributed by atoms with Gasteiger partial charge in [-0.2, -0.15) is 0 Å². The molecular formula is C21H17Cl2NO. The first-order chi connectivity index (χ1) is 12.1. The van der Waals surface area contributed by atoms with E-state index in [-0.39, 0.29) is 0 Å². The van der Waals surface area contributed by atoms with Crippen molar-refractivity contribution in [3.05, 3.63) is 93.5 Å². The van der Waals surface area contributed by atoms with Crippen molar-refractivity contribution in [1.29, 1.82) is 0 Å². The Bertz CT molecular complexity index is 906. The van der Waals surface area contributed by atoms with Crippen molar-refractivity contribution < 1.29 is 4.74 Å². The molecule has 126 valence electrons. The van der Waals surface area contributed by atoms with Gasteiger partial charge in [0.15, 0.2) is 0 Å². The molecule has 0 heterocycles. The summed E-state index contributed by atoms with van der Waals surface area (Å²) < 4.78 is 5.94. The fourth-order valence-electron chi connectivity index (χ4n) is 2.36. The molecule has 0 aliphatic heterocycles. The Hall–Kier alpha value is -2.29. The molecule has 0 N–H and O–H groups in total. The van der Waals surface area contributed by atoms with Crippen LogP contribution in [0.1, 0.15) is 16.7 Å². The van der Waals surface area contributed by atoms with Crippen molar-refractivity contribution in [2.24, 2.45) is 4.99 Å². The molecule has 2 nitrogen and oxygen atoms in total. The van der Waals surface area contributed by atoms with Gasteiger partial charge in [0.1, 0.15) is 12.4 Å². The molecule has 0 unspecified atom stereocenters. The first-order valence-electron chi connectivity index (χ1n) is 7.89. The van der Waals surface area contributed by atoms with Crippen LogP contribution in [-0.2, 0) is 6.61 Å². The molecule has 0 aromatic heterocycles. The molecule has 25 heavy (non-hydrogen) atoms. The smallest absolute Gasteiger partial charge is 0.128 e. The molecule has 0 atom stereocenters. The van der Waals surface area contributed by atoms with Crippen molar-refractivity contribution in [3.63, 3.8) is 0 Å². The standard InChI is InChI=1S/C21H17Cl2NO/c1-15-18(22)10-6-11-20(15)24-13-16-7-3-5-12-21(16)25-14-17-8-2-4-9-19(17)23/h2-13H,14H2,1H3. The lowest BCUT2D eigenvalue weighted by molar-refractivity contribution is 0.306. The molecule has 0 saturated heterocycles.